The zero-order valence-electron chi connectivity index (χ0n) is 22.6. The molecule has 2 aromatic heterocycles. The number of aryl methyl sites for hydroxylation is 3. The van der Waals surface area contributed by atoms with E-state index in [-0.39, 0.29) is 0 Å². The summed E-state index contributed by atoms with van der Waals surface area (Å²) in [7, 11) is 2.24. The molecule has 6 heteroatoms. The molecule has 4 heterocycles. The second kappa shape index (κ2) is 11.2. The minimum absolute atomic E-state index is 0.787. The fraction of sp³-hybridized carbons (Fsp3) is 0.533. The van der Waals surface area contributed by atoms with Gasteiger partial charge in [0, 0.05) is 50.9 Å². The van der Waals surface area contributed by atoms with Crippen LogP contribution in [0.25, 0.3) is 17.2 Å². The SMILES string of the molecule is CCc1nc2c(C)cc(C)nc2n1Cc1ccc(C=CCN2CCC(N3CCN(C)CC3)CC2)cc1. The third-order valence-electron chi connectivity index (χ3n) is 8.02. The van der Waals surface area contributed by atoms with Crippen molar-refractivity contribution in [2.45, 2.75) is 52.6 Å². The van der Waals surface area contributed by atoms with Crippen LogP contribution < -0.4 is 0 Å². The average Bonchev–Trinajstić information content (AvgIpc) is 3.23. The Balaban J connectivity index is 1.15. The highest BCUT2D eigenvalue weighted by Gasteiger charge is 2.26. The van der Waals surface area contributed by atoms with Crippen molar-refractivity contribution in [3.63, 3.8) is 0 Å². The summed E-state index contributed by atoms with van der Waals surface area (Å²) in [6, 6.07) is 11.9. The van der Waals surface area contributed by atoms with Crippen LogP contribution >= 0.6 is 0 Å². The molecule has 2 saturated heterocycles. The molecule has 5 rings (SSSR count). The summed E-state index contributed by atoms with van der Waals surface area (Å²) in [5.74, 6) is 1.10. The van der Waals surface area contributed by atoms with Crippen LogP contribution in [0.3, 0.4) is 0 Å². The Hall–Kier alpha value is -2.54. The Bertz CT molecular complexity index is 1180. The molecule has 2 aliphatic heterocycles. The van der Waals surface area contributed by atoms with Crippen molar-refractivity contribution in [2.24, 2.45) is 0 Å². The number of hydrogen-bond donors (Lipinski definition) is 0. The first kappa shape index (κ1) is 25.1. The maximum atomic E-state index is 4.88. The number of aromatic nitrogens is 3. The predicted octanol–water partition coefficient (Wildman–Crippen LogP) is 4.38. The quantitative estimate of drug-likeness (QED) is 0.496. The normalized spacial score (nSPS) is 19.1. The zero-order valence-corrected chi connectivity index (χ0v) is 22.6. The van der Waals surface area contributed by atoms with Crippen LogP contribution in [0.5, 0.6) is 0 Å². The number of nitrogens with zero attached hydrogens (tertiary/aromatic N) is 6. The molecular formula is C30H42N6. The van der Waals surface area contributed by atoms with Gasteiger partial charge in [-0.15, -0.1) is 0 Å². The van der Waals surface area contributed by atoms with Crippen molar-refractivity contribution in [2.75, 3.05) is 52.9 Å². The van der Waals surface area contributed by atoms with Gasteiger partial charge in [0.2, 0.25) is 0 Å². The number of rotatable bonds is 7. The summed E-state index contributed by atoms with van der Waals surface area (Å²) >= 11 is 0. The van der Waals surface area contributed by atoms with Gasteiger partial charge in [-0.25, -0.2) is 9.97 Å². The molecule has 0 bridgehead atoms. The Labute approximate surface area is 216 Å². The Morgan fingerprint density at radius 3 is 2.36 bits per heavy atom. The molecule has 0 atom stereocenters. The van der Waals surface area contributed by atoms with Gasteiger partial charge in [-0.2, -0.15) is 0 Å². The molecule has 0 saturated carbocycles. The van der Waals surface area contributed by atoms with E-state index in [1.807, 2.05) is 0 Å². The monoisotopic (exact) mass is 486 g/mol. The molecule has 0 N–H and O–H groups in total. The number of fused-ring (bicyclic) bond motifs is 1. The first-order valence-corrected chi connectivity index (χ1v) is 13.7. The molecule has 1 aromatic carbocycles. The first-order valence-electron chi connectivity index (χ1n) is 13.7. The van der Waals surface area contributed by atoms with Gasteiger partial charge in [0.1, 0.15) is 11.3 Å². The van der Waals surface area contributed by atoms with Crippen molar-refractivity contribution < 1.29 is 0 Å². The zero-order chi connectivity index (χ0) is 25.1. The number of piperidine rings is 1. The number of likely N-dealkylation sites (N-methyl/N-ethyl adjacent to an activating group) is 1. The van der Waals surface area contributed by atoms with E-state index in [2.05, 4.69) is 89.6 Å². The van der Waals surface area contributed by atoms with Gasteiger partial charge in [0.15, 0.2) is 5.65 Å². The number of benzene rings is 1. The van der Waals surface area contributed by atoms with E-state index < -0.39 is 0 Å². The number of piperazine rings is 1. The molecule has 0 aliphatic carbocycles. The van der Waals surface area contributed by atoms with Crippen LogP contribution in [0.4, 0.5) is 0 Å². The molecule has 36 heavy (non-hydrogen) atoms. The van der Waals surface area contributed by atoms with Crippen LogP contribution in [0.2, 0.25) is 0 Å². The Morgan fingerprint density at radius 1 is 0.944 bits per heavy atom. The van der Waals surface area contributed by atoms with Crippen molar-refractivity contribution in [3.8, 4) is 0 Å². The summed E-state index contributed by atoms with van der Waals surface area (Å²) < 4.78 is 2.28. The average molecular weight is 487 g/mol. The third-order valence-corrected chi connectivity index (χ3v) is 8.02. The smallest absolute Gasteiger partial charge is 0.160 e. The fourth-order valence-corrected chi connectivity index (χ4v) is 5.79. The van der Waals surface area contributed by atoms with E-state index in [1.54, 1.807) is 0 Å². The van der Waals surface area contributed by atoms with Crippen LogP contribution in [-0.2, 0) is 13.0 Å². The lowest BCUT2D eigenvalue weighted by atomic mass is 10.0. The number of likely N-dealkylation sites (tertiary alicyclic amines) is 1. The third kappa shape index (κ3) is 5.72. The van der Waals surface area contributed by atoms with E-state index in [0.717, 1.165) is 48.2 Å². The minimum Gasteiger partial charge on any atom is -0.308 e. The van der Waals surface area contributed by atoms with Crippen LogP contribution in [0, 0.1) is 13.8 Å². The van der Waals surface area contributed by atoms with Gasteiger partial charge < -0.3 is 9.47 Å². The number of hydrogen-bond acceptors (Lipinski definition) is 5. The second-order valence-electron chi connectivity index (χ2n) is 10.7. The lowest BCUT2D eigenvalue weighted by Crippen LogP contribution is -2.52. The molecule has 0 spiro atoms. The summed E-state index contributed by atoms with van der Waals surface area (Å²) in [6.07, 6.45) is 8.13. The van der Waals surface area contributed by atoms with Crippen LogP contribution in [-0.4, -0.2) is 88.1 Å². The molecule has 2 aliphatic rings. The van der Waals surface area contributed by atoms with Crippen LogP contribution in [0.15, 0.2) is 36.4 Å². The van der Waals surface area contributed by atoms with E-state index >= 15 is 0 Å². The molecule has 6 nitrogen and oxygen atoms in total. The summed E-state index contributed by atoms with van der Waals surface area (Å²) in [5.41, 5.74) is 6.84. The van der Waals surface area contributed by atoms with E-state index in [1.165, 1.54) is 68.8 Å². The largest absolute Gasteiger partial charge is 0.308 e. The van der Waals surface area contributed by atoms with Gasteiger partial charge in [0.25, 0.3) is 0 Å². The lowest BCUT2D eigenvalue weighted by Gasteiger charge is -2.41. The highest BCUT2D eigenvalue weighted by molar-refractivity contribution is 5.76. The Kier molecular flexibility index (Phi) is 7.85. The molecule has 0 radical (unpaired) electrons. The number of imidazole rings is 1. The van der Waals surface area contributed by atoms with Gasteiger partial charge >= 0.3 is 0 Å². The molecule has 0 amide bonds. The van der Waals surface area contributed by atoms with E-state index in [4.69, 9.17) is 9.97 Å². The highest BCUT2D eigenvalue weighted by Crippen LogP contribution is 2.22. The first-order chi connectivity index (χ1) is 17.5. The maximum Gasteiger partial charge on any atom is 0.160 e. The predicted molar refractivity (Wildman–Crippen MR) is 149 cm³/mol. The molecule has 2 fully saturated rings. The summed E-state index contributed by atoms with van der Waals surface area (Å²) in [6.45, 7) is 15.6. The van der Waals surface area contributed by atoms with Gasteiger partial charge in [-0.1, -0.05) is 43.3 Å². The maximum absolute atomic E-state index is 4.88. The fourth-order valence-electron chi connectivity index (χ4n) is 5.79. The topological polar surface area (TPSA) is 40.4 Å². The van der Waals surface area contributed by atoms with Gasteiger partial charge in [0.05, 0.1) is 6.54 Å². The van der Waals surface area contributed by atoms with Gasteiger partial charge in [-0.3, -0.25) is 9.80 Å². The minimum atomic E-state index is 0.787. The second-order valence-corrected chi connectivity index (χ2v) is 10.7. The number of pyridine rings is 1. The highest BCUT2D eigenvalue weighted by atomic mass is 15.3. The molecule has 0 unspecified atom stereocenters. The van der Waals surface area contributed by atoms with E-state index in [0.29, 0.717) is 0 Å². The van der Waals surface area contributed by atoms with E-state index in [9.17, 15) is 0 Å². The molecule has 192 valence electrons. The van der Waals surface area contributed by atoms with Crippen molar-refractivity contribution in [1.29, 1.82) is 0 Å². The van der Waals surface area contributed by atoms with Gasteiger partial charge in [-0.05, 0) is 69.6 Å². The van der Waals surface area contributed by atoms with Crippen molar-refractivity contribution in [3.05, 3.63) is 64.6 Å². The standard InChI is InChI=1S/C30H42N6/c1-5-28-32-29-23(2)21-24(3)31-30(29)36(28)22-26-10-8-25(9-11-26)7-6-14-34-15-12-27(13-16-34)35-19-17-33(4)18-20-35/h6-11,21,27H,5,12-20,22H2,1-4H3. The summed E-state index contributed by atoms with van der Waals surface area (Å²) in [5, 5.41) is 0. The van der Waals surface area contributed by atoms with Crippen LogP contribution in [0.1, 0.15) is 48.0 Å². The summed E-state index contributed by atoms with van der Waals surface area (Å²) in [4.78, 5) is 17.5. The van der Waals surface area contributed by atoms with Crippen molar-refractivity contribution in [1.82, 2.24) is 29.2 Å². The van der Waals surface area contributed by atoms with Crippen molar-refractivity contribution >= 4 is 17.2 Å². The lowest BCUT2D eigenvalue weighted by molar-refractivity contribution is 0.0709. The Morgan fingerprint density at radius 2 is 1.67 bits per heavy atom. The molecular weight excluding hydrogens is 444 g/mol. The molecule has 3 aromatic rings.